The molecular formula is C24H22N2O5. The van der Waals surface area contributed by atoms with Crippen LogP contribution in [0.5, 0.6) is 5.75 Å². The first kappa shape index (κ1) is 20.4. The van der Waals surface area contributed by atoms with Crippen molar-refractivity contribution in [3.05, 3.63) is 89.6 Å². The maximum atomic E-state index is 12.9. The molecule has 1 amide bonds. The topological polar surface area (TPSA) is 92.9 Å². The lowest BCUT2D eigenvalue weighted by Gasteiger charge is -2.23. The van der Waals surface area contributed by atoms with E-state index in [0.29, 0.717) is 17.1 Å². The average Bonchev–Trinajstić information content (AvgIpc) is 3.37. The van der Waals surface area contributed by atoms with Crippen LogP contribution in [0.4, 0.5) is 0 Å². The highest BCUT2D eigenvalue weighted by molar-refractivity contribution is 6.46. The number of aliphatic hydroxyl groups is 1. The SMILES string of the molecule is CC(C)Oc1ccc(C(O)=C2C(=O)C(=O)N(Cc3cccnc3)C2c2ccco2)cc1. The molecule has 1 fully saturated rings. The molecule has 1 unspecified atom stereocenters. The monoisotopic (exact) mass is 418 g/mol. The van der Waals surface area contributed by atoms with Gasteiger partial charge in [-0.1, -0.05) is 6.07 Å². The van der Waals surface area contributed by atoms with E-state index in [2.05, 4.69) is 4.98 Å². The predicted molar refractivity (Wildman–Crippen MR) is 113 cm³/mol. The number of aromatic nitrogens is 1. The number of hydrogen-bond acceptors (Lipinski definition) is 6. The van der Waals surface area contributed by atoms with Crippen molar-refractivity contribution in [2.24, 2.45) is 0 Å². The normalized spacial score (nSPS) is 18.0. The Morgan fingerprint density at radius 1 is 1.16 bits per heavy atom. The standard InChI is InChI=1S/C24H22N2O5/c1-15(2)31-18-9-7-17(8-10-18)22(27)20-21(19-6-4-12-30-19)26(24(29)23(20)28)14-16-5-3-11-25-13-16/h3-13,15,21,27H,14H2,1-2H3. The van der Waals surface area contributed by atoms with Crippen LogP contribution in [0.15, 0.2) is 77.2 Å². The van der Waals surface area contributed by atoms with Gasteiger partial charge in [0.05, 0.1) is 17.9 Å². The first-order valence-electron chi connectivity index (χ1n) is 9.93. The highest BCUT2D eigenvalue weighted by Gasteiger charge is 2.47. The van der Waals surface area contributed by atoms with Crippen LogP contribution in [-0.2, 0) is 16.1 Å². The number of carbonyl (C=O) groups excluding carboxylic acids is 2. The number of nitrogens with zero attached hydrogens (tertiary/aromatic N) is 2. The number of pyridine rings is 1. The largest absolute Gasteiger partial charge is 0.507 e. The maximum absolute atomic E-state index is 12.9. The second-order valence-corrected chi connectivity index (χ2v) is 7.49. The highest BCUT2D eigenvalue weighted by atomic mass is 16.5. The summed E-state index contributed by atoms with van der Waals surface area (Å²) in [6, 6.07) is 12.8. The average molecular weight is 418 g/mol. The van der Waals surface area contributed by atoms with E-state index in [-0.39, 0.29) is 24.0 Å². The van der Waals surface area contributed by atoms with Gasteiger partial charge in [0.2, 0.25) is 0 Å². The van der Waals surface area contributed by atoms with Crippen LogP contribution >= 0.6 is 0 Å². The summed E-state index contributed by atoms with van der Waals surface area (Å²) in [4.78, 5) is 31.3. The highest BCUT2D eigenvalue weighted by Crippen LogP contribution is 2.40. The molecule has 7 nitrogen and oxygen atoms in total. The minimum absolute atomic E-state index is 0.0104. The number of aliphatic hydroxyl groups excluding tert-OH is 1. The molecule has 0 aliphatic carbocycles. The van der Waals surface area contributed by atoms with Gasteiger partial charge >= 0.3 is 0 Å². The third kappa shape index (κ3) is 4.07. The molecule has 1 aromatic carbocycles. The van der Waals surface area contributed by atoms with Crippen LogP contribution in [0.25, 0.3) is 5.76 Å². The Labute approximate surface area is 179 Å². The van der Waals surface area contributed by atoms with E-state index < -0.39 is 17.7 Å². The molecule has 3 heterocycles. The fourth-order valence-electron chi connectivity index (χ4n) is 3.59. The predicted octanol–water partition coefficient (Wildman–Crippen LogP) is 4.08. The van der Waals surface area contributed by atoms with Gasteiger partial charge in [-0.05, 0) is 61.9 Å². The first-order chi connectivity index (χ1) is 15.0. The van der Waals surface area contributed by atoms with E-state index in [1.165, 1.54) is 11.2 Å². The molecule has 2 aromatic heterocycles. The summed E-state index contributed by atoms with van der Waals surface area (Å²) in [5, 5.41) is 11.0. The summed E-state index contributed by atoms with van der Waals surface area (Å²) in [6.45, 7) is 3.99. The lowest BCUT2D eigenvalue weighted by atomic mass is 9.99. The number of furan rings is 1. The molecule has 0 saturated carbocycles. The summed E-state index contributed by atoms with van der Waals surface area (Å²) in [7, 11) is 0. The van der Waals surface area contributed by atoms with E-state index in [1.54, 1.807) is 54.9 Å². The number of ether oxygens (including phenoxy) is 1. The summed E-state index contributed by atoms with van der Waals surface area (Å²) in [5.41, 5.74) is 1.16. The number of carbonyl (C=O) groups is 2. The number of Topliss-reactive ketones (excluding diaryl/α,β-unsaturated/α-hetero) is 1. The summed E-state index contributed by atoms with van der Waals surface area (Å²) >= 11 is 0. The third-order valence-corrected chi connectivity index (χ3v) is 4.93. The zero-order valence-electron chi connectivity index (χ0n) is 17.2. The van der Waals surface area contributed by atoms with E-state index >= 15 is 0 Å². The van der Waals surface area contributed by atoms with Crippen molar-refractivity contribution in [1.82, 2.24) is 9.88 Å². The summed E-state index contributed by atoms with van der Waals surface area (Å²) in [6.07, 6.45) is 4.74. The molecule has 1 saturated heterocycles. The van der Waals surface area contributed by atoms with Gasteiger partial charge in [-0.15, -0.1) is 0 Å². The van der Waals surface area contributed by atoms with Crippen LogP contribution in [0.1, 0.15) is 36.8 Å². The molecule has 31 heavy (non-hydrogen) atoms. The molecule has 7 heteroatoms. The molecule has 0 bridgehead atoms. The third-order valence-electron chi connectivity index (χ3n) is 4.93. The Morgan fingerprint density at radius 3 is 2.55 bits per heavy atom. The van der Waals surface area contributed by atoms with E-state index in [9.17, 15) is 14.7 Å². The van der Waals surface area contributed by atoms with Crippen LogP contribution in [-0.4, -0.2) is 32.8 Å². The van der Waals surface area contributed by atoms with Gasteiger partial charge in [0, 0.05) is 24.5 Å². The number of benzene rings is 1. The van der Waals surface area contributed by atoms with Gasteiger partial charge in [0.25, 0.3) is 11.7 Å². The van der Waals surface area contributed by atoms with Gasteiger partial charge in [-0.3, -0.25) is 14.6 Å². The Bertz CT molecular complexity index is 1100. The van der Waals surface area contributed by atoms with Gasteiger partial charge < -0.3 is 19.2 Å². The maximum Gasteiger partial charge on any atom is 0.296 e. The van der Waals surface area contributed by atoms with Crippen molar-refractivity contribution in [1.29, 1.82) is 0 Å². The van der Waals surface area contributed by atoms with Gasteiger partial charge in [0.1, 0.15) is 23.3 Å². The van der Waals surface area contributed by atoms with Gasteiger partial charge in [-0.25, -0.2) is 0 Å². The Balaban J connectivity index is 1.76. The second kappa shape index (κ2) is 8.47. The number of rotatable bonds is 6. The molecule has 1 aliphatic heterocycles. The van der Waals surface area contributed by atoms with Crippen LogP contribution in [0.3, 0.4) is 0 Å². The lowest BCUT2D eigenvalue weighted by molar-refractivity contribution is -0.140. The Hall–Kier alpha value is -3.87. The summed E-state index contributed by atoms with van der Waals surface area (Å²) in [5.74, 6) is -0.683. The zero-order valence-corrected chi connectivity index (χ0v) is 17.2. The Kier molecular flexibility index (Phi) is 5.58. The number of hydrogen-bond donors (Lipinski definition) is 1. The Morgan fingerprint density at radius 2 is 1.94 bits per heavy atom. The molecule has 0 radical (unpaired) electrons. The number of ketones is 1. The van der Waals surface area contributed by atoms with Crippen molar-refractivity contribution < 1.29 is 23.8 Å². The van der Waals surface area contributed by atoms with Gasteiger partial charge in [0.15, 0.2) is 0 Å². The quantitative estimate of drug-likeness (QED) is 0.368. The van der Waals surface area contributed by atoms with Crippen LogP contribution in [0, 0.1) is 0 Å². The first-order valence-corrected chi connectivity index (χ1v) is 9.93. The zero-order chi connectivity index (χ0) is 22.0. The molecule has 1 aliphatic rings. The van der Waals surface area contributed by atoms with E-state index in [4.69, 9.17) is 9.15 Å². The molecule has 158 valence electrons. The van der Waals surface area contributed by atoms with Crippen molar-refractivity contribution in [3.63, 3.8) is 0 Å². The molecule has 3 aromatic rings. The minimum Gasteiger partial charge on any atom is -0.507 e. The summed E-state index contributed by atoms with van der Waals surface area (Å²) < 4.78 is 11.2. The molecule has 0 spiro atoms. The fraction of sp³-hybridized carbons (Fsp3) is 0.208. The second-order valence-electron chi connectivity index (χ2n) is 7.49. The van der Waals surface area contributed by atoms with Gasteiger partial charge in [-0.2, -0.15) is 0 Å². The van der Waals surface area contributed by atoms with Crippen LogP contribution in [0.2, 0.25) is 0 Å². The van der Waals surface area contributed by atoms with Crippen molar-refractivity contribution in [3.8, 4) is 5.75 Å². The van der Waals surface area contributed by atoms with Crippen molar-refractivity contribution >= 4 is 17.4 Å². The fourth-order valence-corrected chi connectivity index (χ4v) is 3.59. The van der Waals surface area contributed by atoms with E-state index in [0.717, 1.165) is 5.56 Å². The van der Waals surface area contributed by atoms with Crippen molar-refractivity contribution in [2.45, 2.75) is 32.5 Å². The number of likely N-dealkylation sites (tertiary alicyclic amines) is 1. The molecule has 1 N–H and O–H groups in total. The minimum atomic E-state index is -0.846. The molecule has 1 atom stereocenters. The molecule has 4 rings (SSSR count). The van der Waals surface area contributed by atoms with Crippen LogP contribution < -0.4 is 4.74 Å². The number of amides is 1. The lowest BCUT2D eigenvalue weighted by Crippen LogP contribution is -2.29. The smallest absolute Gasteiger partial charge is 0.296 e. The van der Waals surface area contributed by atoms with E-state index in [1.807, 2.05) is 19.9 Å². The molecular weight excluding hydrogens is 396 g/mol. The van der Waals surface area contributed by atoms with Crippen molar-refractivity contribution in [2.75, 3.05) is 0 Å².